The summed E-state index contributed by atoms with van der Waals surface area (Å²) in [4.78, 5) is 0. The number of hydrogen-bond donors (Lipinski definition) is 1. The molecule has 1 aromatic heterocycles. The summed E-state index contributed by atoms with van der Waals surface area (Å²) in [5.41, 5.74) is 5.98. The zero-order valence-electron chi connectivity index (χ0n) is 10.2. The molecular weight excluding hydrogens is 255 g/mol. The summed E-state index contributed by atoms with van der Waals surface area (Å²) in [5.74, 6) is 0.822. The second kappa shape index (κ2) is 5.48. The van der Waals surface area contributed by atoms with Gasteiger partial charge in [0.05, 0.1) is 11.8 Å². The van der Waals surface area contributed by atoms with Gasteiger partial charge in [-0.2, -0.15) is 13.2 Å². The highest BCUT2D eigenvalue weighted by Gasteiger charge is 2.30. The summed E-state index contributed by atoms with van der Waals surface area (Å²) in [6.07, 6.45) is -1.44. The second-order valence-electron chi connectivity index (χ2n) is 4.34. The van der Waals surface area contributed by atoms with E-state index in [1.807, 2.05) is 6.07 Å². The van der Waals surface area contributed by atoms with Gasteiger partial charge in [0.15, 0.2) is 0 Å². The van der Waals surface area contributed by atoms with Crippen LogP contribution < -0.4 is 5.73 Å². The van der Waals surface area contributed by atoms with E-state index in [0.29, 0.717) is 18.4 Å². The molecule has 5 heteroatoms. The molecule has 0 saturated heterocycles. The van der Waals surface area contributed by atoms with Gasteiger partial charge in [0, 0.05) is 12.5 Å². The predicted octanol–water partition coefficient (Wildman–Crippen LogP) is 3.93. The van der Waals surface area contributed by atoms with E-state index in [9.17, 15) is 13.2 Å². The molecule has 0 amide bonds. The first kappa shape index (κ1) is 13.7. The van der Waals surface area contributed by atoms with Crippen LogP contribution in [0.4, 0.5) is 13.2 Å². The largest absolute Gasteiger partial charge is 0.469 e. The molecule has 2 nitrogen and oxygen atoms in total. The van der Waals surface area contributed by atoms with Crippen LogP contribution in [0, 0.1) is 0 Å². The summed E-state index contributed by atoms with van der Waals surface area (Å²) in [6, 6.07) is 8.31. The van der Waals surface area contributed by atoms with Crippen molar-refractivity contribution in [3.8, 4) is 0 Å². The molecule has 0 fully saturated rings. The van der Waals surface area contributed by atoms with Crippen LogP contribution in [0.5, 0.6) is 0 Å². The fourth-order valence-corrected chi connectivity index (χ4v) is 1.84. The second-order valence-corrected chi connectivity index (χ2v) is 4.34. The van der Waals surface area contributed by atoms with Crippen LogP contribution in [0.15, 0.2) is 47.1 Å². The molecule has 1 aromatic carbocycles. The van der Waals surface area contributed by atoms with Gasteiger partial charge in [0.1, 0.15) is 5.76 Å². The number of aryl methyl sites for hydroxylation is 1. The summed E-state index contributed by atoms with van der Waals surface area (Å²) in [5, 5.41) is 0. The molecule has 2 rings (SSSR count). The Morgan fingerprint density at radius 1 is 1.11 bits per heavy atom. The van der Waals surface area contributed by atoms with Gasteiger partial charge in [-0.05, 0) is 36.2 Å². The number of rotatable bonds is 4. The zero-order valence-corrected chi connectivity index (χ0v) is 10.2. The Morgan fingerprint density at radius 3 is 2.32 bits per heavy atom. The monoisotopic (exact) mass is 269 g/mol. The smallest absolute Gasteiger partial charge is 0.416 e. The Morgan fingerprint density at radius 2 is 1.79 bits per heavy atom. The first-order valence-electron chi connectivity index (χ1n) is 5.92. The molecule has 0 saturated carbocycles. The number of hydrogen-bond acceptors (Lipinski definition) is 2. The molecule has 2 N–H and O–H groups in total. The predicted molar refractivity (Wildman–Crippen MR) is 65.4 cm³/mol. The minimum atomic E-state index is -4.31. The van der Waals surface area contributed by atoms with Crippen molar-refractivity contribution in [1.29, 1.82) is 0 Å². The zero-order chi connectivity index (χ0) is 13.9. The van der Waals surface area contributed by atoms with Gasteiger partial charge in [0.25, 0.3) is 0 Å². The molecule has 0 radical (unpaired) electrons. The minimum absolute atomic E-state index is 0.299. The van der Waals surface area contributed by atoms with E-state index in [2.05, 4.69) is 0 Å². The van der Waals surface area contributed by atoms with Gasteiger partial charge in [-0.3, -0.25) is 0 Å². The van der Waals surface area contributed by atoms with Crippen LogP contribution in [-0.4, -0.2) is 0 Å². The third-order valence-corrected chi connectivity index (χ3v) is 2.95. The molecule has 1 atom stereocenters. The molecule has 0 aliphatic rings. The lowest BCUT2D eigenvalue weighted by Crippen LogP contribution is -2.12. The molecule has 0 bridgehead atoms. The maximum atomic E-state index is 12.4. The maximum Gasteiger partial charge on any atom is 0.416 e. The SMILES string of the molecule is NC(CCc1ccco1)c1ccc(C(F)(F)F)cc1. The van der Waals surface area contributed by atoms with E-state index in [-0.39, 0.29) is 6.04 Å². The van der Waals surface area contributed by atoms with Crippen molar-refractivity contribution in [2.75, 3.05) is 0 Å². The quantitative estimate of drug-likeness (QED) is 0.913. The number of nitrogens with two attached hydrogens (primary N) is 1. The van der Waals surface area contributed by atoms with Gasteiger partial charge in [-0.15, -0.1) is 0 Å². The fourth-order valence-electron chi connectivity index (χ4n) is 1.84. The summed E-state index contributed by atoms with van der Waals surface area (Å²) >= 11 is 0. The van der Waals surface area contributed by atoms with E-state index in [1.165, 1.54) is 12.1 Å². The molecule has 102 valence electrons. The van der Waals surface area contributed by atoms with Crippen molar-refractivity contribution in [2.24, 2.45) is 5.73 Å². The summed E-state index contributed by atoms with van der Waals surface area (Å²) in [6.45, 7) is 0. The normalized spacial score (nSPS) is 13.5. The Balaban J connectivity index is 1.97. The topological polar surface area (TPSA) is 39.2 Å². The number of furan rings is 1. The van der Waals surface area contributed by atoms with Crippen LogP contribution in [-0.2, 0) is 12.6 Å². The molecule has 1 heterocycles. The van der Waals surface area contributed by atoms with Gasteiger partial charge in [0.2, 0.25) is 0 Å². The van der Waals surface area contributed by atoms with E-state index >= 15 is 0 Å². The van der Waals surface area contributed by atoms with Crippen LogP contribution in [0.3, 0.4) is 0 Å². The molecule has 0 aliphatic carbocycles. The minimum Gasteiger partial charge on any atom is -0.469 e. The first-order chi connectivity index (χ1) is 8.97. The summed E-state index contributed by atoms with van der Waals surface area (Å²) < 4.78 is 42.4. The highest BCUT2D eigenvalue weighted by atomic mass is 19.4. The van der Waals surface area contributed by atoms with E-state index in [1.54, 1.807) is 12.3 Å². The Labute approximate surface area is 109 Å². The van der Waals surface area contributed by atoms with Crippen molar-refractivity contribution >= 4 is 0 Å². The first-order valence-corrected chi connectivity index (χ1v) is 5.92. The lowest BCUT2D eigenvalue weighted by molar-refractivity contribution is -0.137. The standard InChI is InChI=1S/C14H14F3NO/c15-14(16,17)11-5-3-10(4-6-11)13(18)8-7-12-2-1-9-19-12/h1-6,9,13H,7-8,18H2. The Hall–Kier alpha value is -1.75. The van der Waals surface area contributed by atoms with Crippen molar-refractivity contribution in [3.63, 3.8) is 0 Å². The lowest BCUT2D eigenvalue weighted by Gasteiger charge is -2.13. The molecule has 0 aliphatic heterocycles. The molecule has 2 aromatic rings. The van der Waals surface area contributed by atoms with Crippen molar-refractivity contribution < 1.29 is 17.6 Å². The average Bonchev–Trinajstić information content (AvgIpc) is 2.88. The molecule has 19 heavy (non-hydrogen) atoms. The molecule has 1 unspecified atom stereocenters. The highest BCUT2D eigenvalue weighted by molar-refractivity contribution is 5.26. The van der Waals surface area contributed by atoms with Crippen LogP contribution in [0.2, 0.25) is 0 Å². The highest BCUT2D eigenvalue weighted by Crippen LogP contribution is 2.30. The number of benzene rings is 1. The third-order valence-electron chi connectivity index (χ3n) is 2.95. The van der Waals surface area contributed by atoms with E-state index in [4.69, 9.17) is 10.2 Å². The number of halogens is 3. The Kier molecular flexibility index (Phi) is 3.95. The van der Waals surface area contributed by atoms with Crippen LogP contribution >= 0.6 is 0 Å². The van der Waals surface area contributed by atoms with Crippen LogP contribution in [0.25, 0.3) is 0 Å². The summed E-state index contributed by atoms with van der Waals surface area (Å²) in [7, 11) is 0. The van der Waals surface area contributed by atoms with Gasteiger partial charge < -0.3 is 10.2 Å². The molecular formula is C14H14F3NO. The van der Waals surface area contributed by atoms with E-state index < -0.39 is 11.7 Å². The van der Waals surface area contributed by atoms with Crippen LogP contribution in [0.1, 0.15) is 29.3 Å². The maximum absolute atomic E-state index is 12.4. The van der Waals surface area contributed by atoms with Gasteiger partial charge in [-0.25, -0.2) is 0 Å². The van der Waals surface area contributed by atoms with Crippen molar-refractivity contribution in [1.82, 2.24) is 0 Å². The third kappa shape index (κ3) is 3.61. The van der Waals surface area contributed by atoms with Gasteiger partial charge >= 0.3 is 6.18 Å². The van der Waals surface area contributed by atoms with Crippen molar-refractivity contribution in [2.45, 2.75) is 25.1 Å². The Bertz CT molecular complexity index is 502. The average molecular weight is 269 g/mol. The van der Waals surface area contributed by atoms with Crippen molar-refractivity contribution in [3.05, 3.63) is 59.5 Å². The molecule has 0 spiro atoms. The fraction of sp³-hybridized carbons (Fsp3) is 0.286. The lowest BCUT2D eigenvalue weighted by atomic mass is 10.0. The van der Waals surface area contributed by atoms with E-state index in [0.717, 1.165) is 17.9 Å². The van der Waals surface area contributed by atoms with Gasteiger partial charge in [-0.1, -0.05) is 12.1 Å². The number of alkyl halides is 3.